The predicted molar refractivity (Wildman–Crippen MR) is 143 cm³/mol. The van der Waals surface area contributed by atoms with Crippen LogP contribution in [0.4, 0.5) is 21.5 Å². The number of halogens is 1. The Morgan fingerprint density at radius 1 is 0.973 bits per heavy atom. The van der Waals surface area contributed by atoms with Crippen LogP contribution in [0.1, 0.15) is 35.7 Å². The number of rotatable bonds is 6. The fraction of sp³-hybridized carbons (Fsp3) is 0.259. The number of pyridine rings is 1. The Morgan fingerprint density at radius 3 is 2.30 bits per heavy atom. The van der Waals surface area contributed by atoms with Crippen molar-refractivity contribution in [1.29, 1.82) is 0 Å². The summed E-state index contributed by atoms with van der Waals surface area (Å²) in [4.78, 5) is 26.9. The van der Waals surface area contributed by atoms with Crippen molar-refractivity contribution in [1.82, 2.24) is 4.57 Å². The van der Waals surface area contributed by atoms with Crippen molar-refractivity contribution in [3.05, 3.63) is 85.9 Å². The largest absolute Gasteiger partial charge is 0.421 e. The molecule has 0 atom stereocenters. The molecule has 1 aliphatic rings. The first-order chi connectivity index (χ1) is 17.5. The summed E-state index contributed by atoms with van der Waals surface area (Å²) in [5.41, 5.74) is 2.19. The van der Waals surface area contributed by atoms with E-state index in [2.05, 4.69) is 10.0 Å². The number of fused-ring (bicyclic) bond motifs is 1. The summed E-state index contributed by atoms with van der Waals surface area (Å²) in [5, 5.41) is 3.10. The first kappa shape index (κ1) is 24.8. The Kier molecular flexibility index (Phi) is 5.94. The number of nitrogens with zero attached hydrogens (tertiary/aromatic N) is 1. The molecule has 10 heteroatoms. The fourth-order valence-electron chi connectivity index (χ4n) is 4.72. The van der Waals surface area contributed by atoms with Crippen LogP contribution in [0.2, 0.25) is 0 Å². The van der Waals surface area contributed by atoms with Gasteiger partial charge in [0, 0.05) is 17.3 Å². The standard InChI is InChI=1S/C27H26FN3O5S/c1-14-18(8-7-11-20(14)30-37(4,34)35)22-16(3)31(17-12-13-17)26(32)23-24(15(2)27(33)36-25(22)23)29-21-10-6-5-9-19(21)28/h5-11,17,29-30H,12-13H2,1-4H3. The van der Waals surface area contributed by atoms with E-state index in [4.69, 9.17) is 4.42 Å². The Labute approximate surface area is 212 Å². The van der Waals surface area contributed by atoms with E-state index in [-0.39, 0.29) is 39.5 Å². The van der Waals surface area contributed by atoms with Crippen molar-refractivity contribution in [3.63, 3.8) is 0 Å². The Bertz CT molecular complexity index is 1800. The fourth-order valence-corrected chi connectivity index (χ4v) is 5.34. The SMILES string of the molecule is Cc1c(NS(C)(=O)=O)cccc1-c1c(C)n(C2CC2)c(=O)c2c(Nc3ccccc3F)c(C)c(=O)oc12. The molecule has 0 amide bonds. The van der Waals surface area contributed by atoms with Gasteiger partial charge < -0.3 is 14.3 Å². The number of aromatic nitrogens is 1. The van der Waals surface area contributed by atoms with Crippen molar-refractivity contribution >= 4 is 38.1 Å². The topological polar surface area (TPSA) is 110 Å². The highest BCUT2D eigenvalue weighted by atomic mass is 32.2. The van der Waals surface area contributed by atoms with Crippen LogP contribution in [0.25, 0.3) is 22.1 Å². The third-order valence-corrected chi connectivity index (χ3v) is 7.27. The summed E-state index contributed by atoms with van der Waals surface area (Å²) in [6, 6.07) is 11.1. The van der Waals surface area contributed by atoms with Crippen LogP contribution in [0.3, 0.4) is 0 Å². The molecular formula is C27H26FN3O5S. The number of para-hydroxylation sites is 1. The van der Waals surface area contributed by atoms with Crippen molar-refractivity contribution in [2.75, 3.05) is 16.3 Å². The monoisotopic (exact) mass is 523 g/mol. The molecule has 5 rings (SSSR count). The highest BCUT2D eigenvalue weighted by molar-refractivity contribution is 7.92. The molecular weight excluding hydrogens is 497 g/mol. The van der Waals surface area contributed by atoms with Crippen LogP contribution in [0, 0.1) is 26.6 Å². The Balaban J connectivity index is 1.89. The summed E-state index contributed by atoms with van der Waals surface area (Å²) in [6.07, 6.45) is 2.72. The van der Waals surface area contributed by atoms with E-state index in [0.29, 0.717) is 28.1 Å². The maximum absolute atomic E-state index is 14.6. The number of anilines is 3. The molecule has 4 aromatic rings. The zero-order valence-electron chi connectivity index (χ0n) is 20.8. The van der Waals surface area contributed by atoms with Gasteiger partial charge in [-0.15, -0.1) is 0 Å². The molecule has 0 spiro atoms. The van der Waals surface area contributed by atoms with E-state index in [0.717, 1.165) is 19.1 Å². The van der Waals surface area contributed by atoms with E-state index in [1.165, 1.54) is 19.1 Å². The van der Waals surface area contributed by atoms with Gasteiger partial charge in [0.1, 0.15) is 11.2 Å². The lowest BCUT2D eigenvalue weighted by Gasteiger charge is -2.21. The summed E-state index contributed by atoms with van der Waals surface area (Å²) < 4.78 is 48.4. The normalized spacial score (nSPS) is 13.6. The van der Waals surface area contributed by atoms with Crippen LogP contribution in [0.5, 0.6) is 0 Å². The molecule has 0 unspecified atom stereocenters. The highest BCUT2D eigenvalue weighted by Gasteiger charge is 2.31. The minimum Gasteiger partial charge on any atom is -0.421 e. The zero-order chi connectivity index (χ0) is 26.6. The lowest BCUT2D eigenvalue weighted by Crippen LogP contribution is -2.25. The number of hydrogen-bond donors (Lipinski definition) is 2. The molecule has 2 aromatic heterocycles. The first-order valence-electron chi connectivity index (χ1n) is 11.8. The molecule has 0 radical (unpaired) electrons. The average molecular weight is 524 g/mol. The predicted octanol–water partition coefficient (Wildman–Crippen LogP) is 5.14. The quantitative estimate of drug-likeness (QED) is 0.362. The van der Waals surface area contributed by atoms with Gasteiger partial charge in [0.15, 0.2) is 5.58 Å². The third kappa shape index (κ3) is 4.42. The lowest BCUT2D eigenvalue weighted by atomic mass is 9.95. The molecule has 1 saturated carbocycles. The van der Waals surface area contributed by atoms with Gasteiger partial charge in [-0.1, -0.05) is 24.3 Å². The molecule has 1 aliphatic carbocycles. The molecule has 1 fully saturated rings. The number of sulfonamides is 1. The van der Waals surface area contributed by atoms with Gasteiger partial charge in [0.2, 0.25) is 10.0 Å². The van der Waals surface area contributed by atoms with Crippen molar-refractivity contribution in [2.45, 2.75) is 39.7 Å². The maximum atomic E-state index is 14.6. The first-order valence-corrected chi connectivity index (χ1v) is 13.7. The van der Waals surface area contributed by atoms with E-state index >= 15 is 0 Å². The lowest BCUT2D eigenvalue weighted by molar-refractivity contribution is 0.552. The molecule has 0 aliphatic heterocycles. The second-order valence-electron chi connectivity index (χ2n) is 9.42. The molecule has 2 N–H and O–H groups in total. The van der Waals surface area contributed by atoms with E-state index in [1.807, 2.05) is 0 Å². The molecule has 0 bridgehead atoms. The smallest absolute Gasteiger partial charge is 0.341 e. The highest BCUT2D eigenvalue weighted by Crippen LogP contribution is 2.42. The molecule has 2 aromatic carbocycles. The summed E-state index contributed by atoms with van der Waals surface area (Å²) in [5.74, 6) is -0.534. The van der Waals surface area contributed by atoms with Crippen LogP contribution in [0.15, 0.2) is 56.5 Å². The van der Waals surface area contributed by atoms with Gasteiger partial charge in [-0.05, 0) is 62.9 Å². The van der Waals surface area contributed by atoms with E-state index in [1.54, 1.807) is 48.7 Å². The summed E-state index contributed by atoms with van der Waals surface area (Å²) >= 11 is 0. The molecule has 2 heterocycles. The van der Waals surface area contributed by atoms with Crippen LogP contribution in [-0.2, 0) is 10.0 Å². The van der Waals surface area contributed by atoms with E-state index < -0.39 is 21.5 Å². The number of hydrogen-bond acceptors (Lipinski definition) is 6. The molecule has 37 heavy (non-hydrogen) atoms. The van der Waals surface area contributed by atoms with Gasteiger partial charge in [-0.3, -0.25) is 9.52 Å². The van der Waals surface area contributed by atoms with E-state index in [9.17, 15) is 22.4 Å². The van der Waals surface area contributed by atoms with Crippen molar-refractivity contribution < 1.29 is 17.2 Å². The van der Waals surface area contributed by atoms with Crippen molar-refractivity contribution in [2.24, 2.45) is 0 Å². The average Bonchev–Trinajstić information content (AvgIpc) is 3.65. The Hall–Kier alpha value is -3.92. The van der Waals surface area contributed by atoms with Gasteiger partial charge in [-0.2, -0.15) is 0 Å². The second-order valence-corrected chi connectivity index (χ2v) is 11.2. The summed E-state index contributed by atoms with van der Waals surface area (Å²) in [7, 11) is -3.55. The van der Waals surface area contributed by atoms with Crippen LogP contribution < -0.4 is 21.2 Å². The van der Waals surface area contributed by atoms with Gasteiger partial charge in [0.25, 0.3) is 5.56 Å². The molecule has 0 saturated heterocycles. The minimum atomic E-state index is -3.55. The molecule has 192 valence electrons. The molecule has 8 nitrogen and oxygen atoms in total. The van der Waals surface area contributed by atoms with Gasteiger partial charge >= 0.3 is 5.63 Å². The number of benzene rings is 2. The van der Waals surface area contributed by atoms with Crippen LogP contribution in [-0.4, -0.2) is 19.2 Å². The zero-order valence-corrected chi connectivity index (χ0v) is 21.6. The van der Waals surface area contributed by atoms with Crippen LogP contribution >= 0.6 is 0 Å². The third-order valence-electron chi connectivity index (χ3n) is 6.68. The Morgan fingerprint density at radius 2 is 1.65 bits per heavy atom. The minimum absolute atomic E-state index is 0.0122. The van der Waals surface area contributed by atoms with Crippen molar-refractivity contribution in [3.8, 4) is 11.1 Å². The summed E-state index contributed by atoms with van der Waals surface area (Å²) in [6.45, 7) is 5.07. The van der Waals surface area contributed by atoms with Gasteiger partial charge in [-0.25, -0.2) is 17.6 Å². The maximum Gasteiger partial charge on any atom is 0.341 e. The van der Waals surface area contributed by atoms with Gasteiger partial charge in [0.05, 0.1) is 28.9 Å². The number of nitrogens with one attached hydrogen (secondary N) is 2. The second kappa shape index (κ2) is 8.88.